The summed E-state index contributed by atoms with van der Waals surface area (Å²) in [6.07, 6.45) is 7.54. The second kappa shape index (κ2) is 6.46. The Bertz CT molecular complexity index is 409. The van der Waals surface area contributed by atoms with E-state index in [1.165, 1.54) is 30.6 Å². The van der Waals surface area contributed by atoms with Crippen molar-refractivity contribution in [3.63, 3.8) is 0 Å². The predicted molar refractivity (Wildman–Crippen MR) is 89.6 cm³/mol. The molecule has 2 rings (SSSR count). The molecule has 1 aliphatic rings. The molecule has 1 heterocycles. The first-order chi connectivity index (χ1) is 9.36. The van der Waals surface area contributed by atoms with Crippen molar-refractivity contribution >= 4 is 16.5 Å². The van der Waals surface area contributed by atoms with Gasteiger partial charge < -0.3 is 5.32 Å². The van der Waals surface area contributed by atoms with Crippen LogP contribution in [0.15, 0.2) is 6.20 Å². The zero-order chi connectivity index (χ0) is 14.8. The lowest BCUT2D eigenvalue weighted by Crippen LogP contribution is -2.25. The van der Waals surface area contributed by atoms with E-state index in [4.69, 9.17) is 0 Å². The average Bonchev–Trinajstić information content (AvgIpc) is 2.84. The van der Waals surface area contributed by atoms with Crippen LogP contribution in [0.5, 0.6) is 0 Å². The van der Waals surface area contributed by atoms with Crippen LogP contribution >= 0.6 is 11.3 Å². The van der Waals surface area contributed by atoms with Gasteiger partial charge in [0.25, 0.3) is 0 Å². The van der Waals surface area contributed by atoms with Crippen molar-refractivity contribution in [2.45, 2.75) is 66.2 Å². The molecule has 0 aromatic carbocycles. The van der Waals surface area contributed by atoms with E-state index in [1.807, 2.05) is 11.3 Å². The molecule has 0 unspecified atom stereocenters. The van der Waals surface area contributed by atoms with Crippen molar-refractivity contribution < 1.29 is 0 Å². The van der Waals surface area contributed by atoms with E-state index in [1.54, 1.807) is 0 Å². The molecule has 1 saturated carbocycles. The molecule has 0 spiro atoms. The Morgan fingerprint density at radius 3 is 2.45 bits per heavy atom. The smallest absolute Gasteiger partial charge is 0.182 e. The molecule has 0 radical (unpaired) electrons. The van der Waals surface area contributed by atoms with Crippen LogP contribution < -0.4 is 5.32 Å². The molecule has 0 aliphatic heterocycles. The van der Waals surface area contributed by atoms with Gasteiger partial charge in [-0.3, -0.25) is 0 Å². The molecule has 1 aliphatic carbocycles. The molecule has 3 heteroatoms. The van der Waals surface area contributed by atoms with Crippen LogP contribution in [0.2, 0.25) is 0 Å². The maximum atomic E-state index is 4.54. The quantitative estimate of drug-likeness (QED) is 0.789. The minimum absolute atomic E-state index is 0.475. The van der Waals surface area contributed by atoms with Crippen molar-refractivity contribution in [1.29, 1.82) is 0 Å². The maximum Gasteiger partial charge on any atom is 0.182 e. The Kier molecular flexibility index (Phi) is 5.11. The summed E-state index contributed by atoms with van der Waals surface area (Å²) in [5, 5.41) is 4.55. The van der Waals surface area contributed by atoms with Crippen molar-refractivity contribution in [2.24, 2.45) is 17.3 Å². The fraction of sp³-hybridized carbons (Fsp3) is 0.824. The molecule has 0 atom stereocenters. The first-order valence-electron chi connectivity index (χ1n) is 8.06. The highest BCUT2D eigenvalue weighted by Gasteiger charge is 2.30. The summed E-state index contributed by atoms with van der Waals surface area (Å²) in [4.78, 5) is 6.03. The van der Waals surface area contributed by atoms with Crippen LogP contribution in [-0.2, 0) is 0 Å². The predicted octanol–water partition coefficient (Wildman–Crippen LogP) is 5.53. The lowest BCUT2D eigenvalue weighted by atomic mass is 9.70. The molecule has 0 bridgehead atoms. The first kappa shape index (κ1) is 15.8. The summed E-state index contributed by atoms with van der Waals surface area (Å²) in [5.41, 5.74) is 0.475. The third-order valence-electron chi connectivity index (χ3n) is 4.54. The van der Waals surface area contributed by atoms with E-state index < -0.39 is 0 Å². The topological polar surface area (TPSA) is 24.9 Å². The van der Waals surface area contributed by atoms with Crippen molar-refractivity contribution in [3.05, 3.63) is 11.1 Å². The molecular weight excluding hydrogens is 264 g/mol. The van der Waals surface area contributed by atoms with Crippen molar-refractivity contribution in [3.8, 4) is 0 Å². The fourth-order valence-electron chi connectivity index (χ4n) is 3.09. The Labute approximate surface area is 128 Å². The number of nitrogens with one attached hydrogen (secondary N) is 1. The maximum absolute atomic E-state index is 4.54. The van der Waals surface area contributed by atoms with Crippen LogP contribution in [0.3, 0.4) is 0 Å². The van der Waals surface area contributed by atoms with E-state index in [0.29, 0.717) is 11.3 Å². The van der Waals surface area contributed by atoms with Gasteiger partial charge in [0.1, 0.15) is 0 Å². The van der Waals surface area contributed by atoms with Gasteiger partial charge in [-0.2, -0.15) is 0 Å². The van der Waals surface area contributed by atoms with Gasteiger partial charge in [-0.1, -0.05) is 34.6 Å². The molecule has 1 N–H and O–H groups in total. The van der Waals surface area contributed by atoms with E-state index in [-0.39, 0.29) is 0 Å². The first-order valence-corrected chi connectivity index (χ1v) is 8.87. The van der Waals surface area contributed by atoms with E-state index in [2.05, 4.69) is 51.1 Å². The fourth-order valence-corrected chi connectivity index (χ4v) is 4.08. The number of rotatable bonds is 4. The van der Waals surface area contributed by atoms with Crippen LogP contribution in [0, 0.1) is 17.3 Å². The molecule has 2 nitrogen and oxygen atoms in total. The van der Waals surface area contributed by atoms with Gasteiger partial charge in [0, 0.05) is 17.6 Å². The summed E-state index contributed by atoms with van der Waals surface area (Å²) in [6.45, 7) is 12.6. The Balaban J connectivity index is 1.88. The largest absolute Gasteiger partial charge is 0.361 e. The molecule has 1 aromatic rings. The zero-order valence-electron chi connectivity index (χ0n) is 13.7. The summed E-state index contributed by atoms with van der Waals surface area (Å²) in [7, 11) is 0. The number of thiazole rings is 1. The van der Waals surface area contributed by atoms with E-state index in [9.17, 15) is 0 Å². The molecule has 114 valence electrons. The molecule has 1 aromatic heterocycles. The standard InChI is InChI=1S/C17H30N2S/c1-12(2)10-18-16-19-11-15(20-16)13-6-8-14(9-7-13)17(3,4)5/h11-14H,6-10H2,1-5H3,(H,18,19). The van der Waals surface area contributed by atoms with Gasteiger partial charge in [0.2, 0.25) is 0 Å². The molecule has 20 heavy (non-hydrogen) atoms. The number of nitrogens with zero attached hydrogens (tertiary/aromatic N) is 1. The van der Waals surface area contributed by atoms with Crippen LogP contribution in [0.1, 0.15) is 71.1 Å². The number of aromatic nitrogens is 1. The van der Waals surface area contributed by atoms with Gasteiger partial charge in [-0.05, 0) is 48.9 Å². The highest BCUT2D eigenvalue weighted by atomic mass is 32.1. The SMILES string of the molecule is CC(C)CNc1ncc(C2CCC(C(C)(C)C)CC2)s1. The zero-order valence-corrected chi connectivity index (χ0v) is 14.5. The second-order valence-corrected chi connectivity index (χ2v) is 8.82. The second-order valence-electron chi connectivity index (χ2n) is 7.76. The van der Waals surface area contributed by atoms with Gasteiger partial charge in [0.05, 0.1) is 0 Å². The summed E-state index contributed by atoms with van der Waals surface area (Å²) >= 11 is 1.87. The van der Waals surface area contributed by atoms with Gasteiger partial charge in [-0.25, -0.2) is 4.98 Å². The average molecular weight is 295 g/mol. The minimum Gasteiger partial charge on any atom is -0.361 e. The monoisotopic (exact) mass is 294 g/mol. The van der Waals surface area contributed by atoms with Gasteiger partial charge in [0.15, 0.2) is 5.13 Å². The Morgan fingerprint density at radius 1 is 1.25 bits per heavy atom. The van der Waals surface area contributed by atoms with Crippen LogP contribution in [-0.4, -0.2) is 11.5 Å². The summed E-state index contributed by atoms with van der Waals surface area (Å²) < 4.78 is 0. The third-order valence-corrected chi connectivity index (χ3v) is 5.66. The van der Waals surface area contributed by atoms with Crippen molar-refractivity contribution in [1.82, 2.24) is 4.98 Å². The summed E-state index contributed by atoms with van der Waals surface area (Å²) in [5.74, 6) is 2.32. The highest BCUT2D eigenvalue weighted by molar-refractivity contribution is 7.15. The Morgan fingerprint density at radius 2 is 1.90 bits per heavy atom. The summed E-state index contributed by atoms with van der Waals surface area (Å²) in [6, 6.07) is 0. The molecule has 0 saturated heterocycles. The molecule has 1 fully saturated rings. The molecular formula is C17H30N2S. The Hall–Kier alpha value is -0.570. The minimum atomic E-state index is 0.475. The van der Waals surface area contributed by atoms with Gasteiger partial charge in [-0.15, -0.1) is 11.3 Å². The van der Waals surface area contributed by atoms with Crippen molar-refractivity contribution in [2.75, 3.05) is 11.9 Å². The molecule has 0 amide bonds. The van der Waals surface area contributed by atoms with Crippen LogP contribution in [0.25, 0.3) is 0 Å². The highest BCUT2D eigenvalue weighted by Crippen LogP contribution is 2.44. The number of hydrogen-bond acceptors (Lipinski definition) is 3. The number of anilines is 1. The normalized spacial score (nSPS) is 24.1. The lowest BCUT2D eigenvalue weighted by Gasteiger charge is -2.36. The third kappa shape index (κ3) is 4.21. The van der Waals surface area contributed by atoms with Crippen LogP contribution in [0.4, 0.5) is 5.13 Å². The van der Waals surface area contributed by atoms with Gasteiger partial charge >= 0.3 is 0 Å². The van der Waals surface area contributed by atoms with E-state index in [0.717, 1.165) is 23.5 Å². The number of hydrogen-bond donors (Lipinski definition) is 1. The lowest BCUT2D eigenvalue weighted by molar-refractivity contribution is 0.170. The van der Waals surface area contributed by atoms with E-state index >= 15 is 0 Å².